The molecule has 2 heterocycles. The second-order valence-corrected chi connectivity index (χ2v) is 6.59. The molecule has 1 aliphatic rings. The van der Waals surface area contributed by atoms with Crippen molar-refractivity contribution in [2.24, 2.45) is 0 Å². The number of nitrogens with one attached hydrogen (secondary N) is 3. The summed E-state index contributed by atoms with van der Waals surface area (Å²) in [5.41, 5.74) is -6.96. The van der Waals surface area contributed by atoms with E-state index in [-0.39, 0.29) is 13.0 Å². The molecule has 0 fully saturated rings. The van der Waals surface area contributed by atoms with E-state index in [2.05, 4.69) is 0 Å². The van der Waals surface area contributed by atoms with Gasteiger partial charge in [0.2, 0.25) is 11.4 Å². The van der Waals surface area contributed by atoms with Gasteiger partial charge in [-0.2, -0.15) is 13.2 Å². The van der Waals surface area contributed by atoms with Crippen LogP contribution in [0.25, 0.3) is 0 Å². The van der Waals surface area contributed by atoms with Crippen molar-refractivity contribution >= 4 is 17.6 Å². The van der Waals surface area contributed by atoms with Crippen molar-refractivity contribution in [3.8, 4) is 11.5 Å². The van der Waals surface area contributed by atoms with E-state index < -0.39 is 57.7 Å². The number of carbonyl (C=O) groups is 2. The number of H-pyrrole nitrogens is 1. The monoisotopic (exact) mass is 428 g/mol. The molecule has 2 amide bonds. The molecule has 2 aromatic rings. The van der Waals surface area contributed by atoms with E-state index in [1.807, 2.05) is 5.32 Å². The molecule has 1 atom stereocenters. The Labute approximate surface area is 165 Å². The quantitative estimate of drug-likeness (QED) is 0.433. The number of anilines is 1. The Hall–Kier alpha value is -3.77. The third-order valence-corrected chi connectivity index (χ3v) is 4.60. The second kappa shape index (κ2) is 6.93. The lowest BCUT2D eigenvalue weighted by Gasteiger charge is -2.29. The normalized spacial score (nSPS) is 18.1. The number of amides is 2. The van der Waals surface area contributed by atoms with Gasteiger partial charge in [0.1, 0.15) is 11.4 Å². The molecule has 0 radical (unpaired) electrons. The van der Waals surface area contributed by atoms with Gasteiger partial charge in [0.05, 0.1) is 0 Å². The zero-order valence-electron chi connectivity index (χ0n) is 15.3. The van der Waals surface area contributed by atoms with Crippen LogP contribution in [0.1, 0.15) is 18.1 Å². The van der Waals surface area contributed by atoms with E-state index in [0.29, 0.717) is 10.1 Å². The molecule has 10 nitrogen and oxygen atoms in total. The van der Waals surface area contributed by atoms with Crippen LogP contribution in [-0.2, 0) is 28.1 Å². The van der Waals surface area contributed by atoms with Gasteiger partial charge in [-0.15, -0.1) is 0 Å². The van der Waals surface area contributed by atoms with Crippen molar-refractivity contribution in [1.29, 1.82) is 0 Å². The van der Waals surface area contributed by atoms with Crippen LogP contribution in [0.4, 0.5) is 19.0 Å². The lowest BCUT2D eigenvalue weighted by atomic mass is 9.92. The third kappa shape index (κ3) is 3.17. The van der Waals surface area contributed by atoms with E-state index in [4.69, 9.17) is 0 Å². The Morgan fingerprint density at radius 1 is 1.20 bits per heavy atom. The molecule has 3 rings (SSSR count). The first-order chi connectivity index (χ1) is 13.9. The summed E-state index contributed by atoms with van der Waals surface area (Å²) < 4.78 is 42.4. The minimum absolute atomic E-state index is 0.0126. The maximum Gasteiger partial charge on any atom is 0.425 e. The molecule has 30 heavy (non-hydrogen) atoms. The first kappa shape index (κ1) is 21.0. The van der Waals surface area contributed by atoms with Crippen LogP contribution in [0.3, 0.4) is 0 Å². The molecule has 5 N–H and O–H groups in total. The molecule has 1 aromatic heterocycles. The Morgan fingerprint density at radius 3 is 2.43 bits per heavy atom. The molecular formula is C17H15F3N4O6. The number of aryl methyl sites for hydroxylation is 1. The van der Waals surface area contributed by atoms with Crippen LogP contribution >= 0.6 is 0 Å². The summed E-state index contributed by atoms with van der Waals surface area (Å²) in [6, 6.07) is 3.77. The van der Waals surface area contributed by atoms with E-state index >= 15 is 0 Å². The number of nitrogens with zero attached hydrogens (tertiary/aromatic N) is 1. The summed E-state index contributed by atoms with van der Waals surface area (Å²) in [5, 5.41) is 22.3. The molecule has 160 valence electrons. The summed E-state index contributed by atoms with van der Waals surface area (Å²) in [6.07, 6.45) is -5.40. The summed E-state index contributed by atoms with van der Waals surface area (Å²) in [6.45, 7) is 0.455. The maximum atomic E-state index is 13.9. The van der Waals surface area contributed by atoms with Crippen molar-refractivity contribution < 1.29 is 33.0 Å². The number of aromatic amines is 1. The number of hydrogen-bond acceptors (Lipinski definition) is 6. The SMILES string of the molecule is CC(=O)NC1(C(F)(F)F)C(=O)Nc2c1c(=O)[nH]c(=O)n2CCc1ccc(O)c(O)c1. The first-order valence-corrected chi connectivity index (χ1v) is 8.44. The Balaban J connectivity index is 2.14. The van der Waals surface area contributed by atoms with E-state index in [0.717, 1.165) is 6.92 Å². The van der Waals surface area contributed by atoms with Crippen LogP contribution in [-0.4, -0.2) is 37.8 Å². The van der Waals surface area contributed by atoms with Gasteiger partial charge < -0.3 is 20.8 Å². The predicted octanol–water partition coefficient (Wildman–Crippen LogP) is 0.0363. The number of phenols is 2. The molecule has 13 heteroatoms. The van der Waals surface area contributed by atoms with Crippen LogP contribution < -0.4 is 21.9 Å². The van der Waals surface area contributed by atoms with Crippen molar-refractivity contribution in [3.05, 3.63) is 50.2 Å². The summed E-state index contributed by atoms with van der Waals surface area (Å²) in [5.74, 6) is -4.47. The highest BCUT2D eigenvalue weighted by atomic mass is 19.4. The third-order valence-electron chi connectivity index (χ3n) is 4.60. The van der Waals surface area contributed by atoms with Crippen LogP contribution in [0, 0.1) is 0 Å². The number of aromatic hydroxyl groups is 2. The number of rotatable bonds is 4. The standard InChI is InChI=1S/C17H15F3N4O6/c1-7(25)23-16(17(18,19)20)11-12(21-14(16)29)24(15(30)22-13(11)28)5-4-8-2-3-9(26)10(27)6-8/h2-3,6,26-27H,4-5H2,1H3,(H,21,29)(H,23,25)(H,22,28,30). The highest BCUT2D eigenvalue weighted by Gasteiger charge is 2.68. The summed E-state index contributed by atoms with van der Waals surface area (Å²) in [4.78, 5) is 50.0. The molecule has 0 spiro atoms. The minimum atomic E-state index is -5.38. The maximum absolute atomic E-state index is 13.9. The molecule has 0 aliphatic carbocycles. The fraction of sp³-hybridized carbons (Fsp3) is 0.294. The minimum Gasteiger partial charge on any atom is -0.504 e. The van der Waals surface area contributed by atoms with Gasteiger partial charge in [-0.25, -0.2) is 4.79 Å². The molecule has 1 aromatic carbocycles. The van der Waals surface area contributed by atoms with E-state index in [1.165, 1.54) is 23.5 Å². The number of carbonyl (C=O) groups excluding carboxylic acids is 2. The van der Waals surface area contributed by atoms with Crippen molar-refractivity contribution in [2.75, 3.05) is 5.32 Å². The largest absolute Gasteiger partial charge is 0.504 e. The molecular weight excluding hydrogens is 413 g/mol. The molecule has 0 saturated heterocycles. The number of aromatic nitrogens is 2. The second-order valence-electron chi connectivity index (χ2n) is 6.59. The van der Waals surface area contributed by atoms with Crippen LogP contribution in [0.5, 0.6) is 11.5 Å². The number of hydrogen-bond donors (Lipinski definition) is 5. The van der Waals surface area contributed by atoms with Crippen LogP contribution in [0.15, 0.2) is 27.8 Å². The van der Waals surface area contributed by atoms with Gasteiger partial charge in [0, 0.05) is 13.5 Å². The smallest absolute Gasteiger partial charge is 0.425 e. The Bertz CT molecular complexity index is 1170. The van der Waals surface area contributed by atoms with Crippen LogP contribution in [0.2, 0.25) is 0 Å². The topological polar surface area (TPSA) is 154 Å². The lowest BCUT2D eigenvalue weighted by molar-refractivity contribution is -0.200. The van der Waals surface area contributed by atoms with E-state index in [1.54, 1.807) is 4.98 Å². The zero-order valence-corrected chi connectivity index (χ0v) is 15.3. The van der Waals surface area contributed by atoms with Gasteiger partial charge in [-0.3, -0.25) is 23.9 Å². The first-order valence-electron chi connectivity index (χ1n) is 8.44. The average molecular weight is 428 g/mol. The lowest BCUT2D eigenvalue weighted by Crippen LogP contribution is -2.61. The number of benzene rings is 1. The van der Waals surface area contributed by atoms with Gasteiger partial charge in [0.15, 0.2) is 11.5 Å². The highest BCUT2D eigenvalue weighted by Crippen LogP contribution is 2.44. The summed E-state index contributed by atoms with van der Waals surface area (Å²) in [7, 11) is 0. The zero-order chi connectivity index (χ0) is 22.4. The Morgan fingerprint density at radius 2 is 1.87 bits per heavy atom. The average Bonchev–Trinajstić information content (AvgIpc) is 2.90. The number of phenolic OH excluding ortho intramolecular Hbond substituents is 2. The molecule has 0 saturated carbocycles. The van der Waals surface area contributed by atoms with E-state index in [9.17, 15) is 42.6 Å². The van der Waals surface area contributed by atoms with Gasteiger partial charge in [0.25, 0.3) is 11.5 Å². The predicted molar refractivity (Wildman–Crippen MR) is 95.0 cm³/mol. The van der Waals surface area contributed by atoms with Crippen molar-refractivity contribution in [1.82, 2.24) is 14.9 Å². The number of halogens is 3. The van der Waals surface area contributed by atoms with Gasteiger partial charge >= 0.3 is 11.9 Å². The Kier molecular flexibility index (Phi) is 4.84. The number of fused-ring (bicyclic) bond motifs is 1. The fourth-order valence-corrected chi connectivity index (χ4v) is 3.27. The fourth-order valence-electron chi connectivity index (χ4n) is 3.27. The molecule has 1 aliphatic heterocycles. The van der Waals surface area contributed by atoms with Gasteiger partial charge in [-0.05, 0) is 24.1 Å². The van der Waals surface area contributed by atoms with Crippen molar-refractivity contribution in [3.63, 3.8) is 0 Å². The molecule has 0 bridgehead atoms. The summed E-state index contributed by atoms with van der Waals surface area (Å²) >= 11 is 0. The number of alkyl halides is 3. The van der Waals surface area contributed by atoms with Crippen molar-refractivity contribution in [2.45, 2.75) is 31.6 Å². The van der Waals surface area contributed by atoms with Gasteiger partial charge in [-0.1, -0.05) is 6.07 Å². The highest BCUT2D eigenvalue weighted by molar-refractivity contribution is 6.07. The molecule has 1 unspecified atom stereocenters.